The third-order valence-electron chi connectivity index (χ3n) is 4.05. The van der Waals surface area contributed by atoms with Crippen molar-refractivity contribution in [3.05, 3.63) is 53.7 Å². The third-order valence-corrected chi connectivity index (χ3v) is 4.05. The molecule has 0 spiro atoms. The number of hydrogen-bond acceptors (Lipinski definition) is 6. The van der Waals surface area contributed by atoms with Crippen molar-refractivity contribution < 1.29 is 14.2 Å². The number of aromatic nitrogens is 1. The van der Waals surface area contributed by atoms with E-state index in [9.17, 15) is 0 Å². The summed E-state index contributed by atoms with van der Waals surface area (Å²) in [6.07, 6.45) is 1.72. The lowest BCUT2D eigenvalue weighted by molar-refractivity contribution is 0.340. The van der Waals surface area contributed by atoms with Crippen LogP contribution in [0.1, 0.15) is 18.2 Å². The van der Waals surface area contributed by atoms with Crippen LogP contribution in [0.3, 0.4) is 0 Å². The SMILES string of the molecule is CCOc1ccc2c(N/N=C/c3ccc(OC)cc3OC)cc(C)nc2c1. The van der Waals surface area contributed by atoms with Crippen LogP contribution in [0.25, 0.3) is 10.9 Å². The summed E-state index contributed by atoms with van der Waals surface area (Å²) in [7, 11) is 3.24. The van der Waals surface area contributed by atoms with Gasteiger partial charge in [0.2, 0.25) is 0 Å². The Hall–Kier alpha value is -3.28. The van der Waals surface area contributed by atoms with E-state index in [1.807, 2.05) is 56.3 Å². The van der Waals surface area contributed by atoms with Gasteiger partial charge in [0, 0.05) is 28.8 Å². The molecule has 0 unspecified atom stereocenters. The summed E-state index contributed by atoms with van der Waals surface area (Å²) in [5.74, 6) is 2.23. The van der Waals surface area contributed by atoms with Crippen molar-refractivity contribution in [2.24, 2.45) is 5.10 Å². The number of methoxy groups -OCH3 is 2. The number of rotatable bonds is 7. The van der Waals surface area contributed by atoms with Gasteiger partial charge in [0.15, 0.2) is 0 Å². The number of aryl methyl sites for hydroxylation is 1. The van der Waals surface area contributed by atoms with Gasteiger partial charge < -0.3 is 14.2 Å². The van der Waals surface area contributed by atoms with Gasteiger partial charge in [-0.25, -0.2) is 0 Å². The number of nitrogens with one attached hydrogen (secondary N) is 1. The number of hydrogen-bond donors (Lipinski definition) is 1. The van der Waals surface area contributed by atoms with Crippen LogP contribution in [0, 0.1) is 6.92 Å². The average molecular weight is 365 g/mol. The molecule has 0 radical (unpaired) electrons. The molecule has 0 aliphatic heterocycles. The maximum atomic E-state index is 5.56. The molecule has 0 saturated carbocycles. The highest BCUT2D eigenvalue weighted by Crippen LogP contribution is 2.27. The molecule has 1 N–H and O–H groups in total. The van der Waals surface area contributed by atoms with E-state index in [1.54, 1.807) is 20.4 Å². The summed E-state index contributed by atoms with van der Waals surface area (Å²) in [5.41, 5.74) is 6.60. The monoisotopic (exact) mass is 365 g/mol. The van der Waals surface area contributed by atoms with Gasteiger partial charge in [0.05, 0.1) is 38.2 Å². The van der Waals surface area contributed by atoms with Crippen LogP contribution in [0.5, 0.6) is 17.2 Å². The summed E-state index contributed by atoms with van der Waals surface area (Å²) >= 11 is 0. The van der Waals surface area contributed by atoms with E-state index < -0.39 is 0 Å². The lowest BCUT2D eigenvalue weighted by atomic mass is 10.1. The van der Waals surface area contributed by atoms with Crippen LogP contribution in [0.4, 0.5) is 5.69 Å². The number of fused-ring (bicyclic) bond motifs is 1. The fourth-order valence-electron chi connectivity index (χ4n) is 2.79. The molecule has 0 fully saturated rings. The molecule has 0 amide bonds. The van der Waals surface area contributed by atoms with E-state index in [0.29, 0.717) is 12.4 Å². The quantitative estimate of drug-likeness (QED) is 0.496. The van der Waals surface area contributed by atoms with Crippen molar-refractivity contribution in [3.63, 3.8) is 0 Å². The number of pyridine rings is 1. The molecule has 6 nitrogen and oxygen atoms in total. The predicted molar refractivity (Wildman–Crippen MR) is 108 cm³/mol. The first-order valence-electron chi connectivity index (χ1n) is 8.70. The Morgan fingerprint density at radius 1 is 1.04 bits per heavy atom. The number of nitrogens with zero attached hydrogens (tertiary/aromatic N) is 2. The van der Waals surface area contributed by atoms with Crippen LogP contribution in [-0.4, -0.2) is 32.0 Å². The van der Waals surface area contributed by atoms with Crippen molar-refractivity contribution >= 4 is 22.8 Å². The minimum absolute atomic E-state index is 0.621. The molecule has 3 rings (SSSR count). The van der Waals surface area contributed by atoms with Crippen molar-refractivity contribution in [2.45, 2.75) is 13.8 Å². The van der Waals surface area contributed by atoms with E-state index in [-0.39, 0.29) is 0 Å². The molecule has 0 aliphatic rings. The van der Waals surface area contributed by atoms with Gasteiger partial charge in [-0.2, -0.15) is 5.10 Å². The zero-order valence-corrected chi connectivity index (χ0v) is 15.9. The third kappa shape index (κ3) is 4.28. The number of ether oxygens (including phenoxy) is 3. The van der Waals surface area contributed by atoms with Crippen molar-refractivity contribution in [2.75, 3.05) is 26.3 Å². The number of benzene rings is 2. The van der Waals surface area contributed by atoms with E-state index in [0.717, 1.165) is 39.3 Å². The molecule has 0 saturated heterocycles. The van der Waals surface area contributed by atoms with E-state index in [4.69, 9.17) is 14.2 Å². The van der Waals surface area contributed by atoms with Gasteiger partial charge >= 0.3 is 0 Å². The van der Waals surface area contributed by atoms with Gasteiger partial charge in [-0.15, -0.1) is 0 Å². The molecule has 1 heterocycles. The van der Waals surface area contributed by atoms with Crippen molar-refractivity contribution in [1.29, 1.82) is 0 Å². The fraction of sp³-hybridized carbons (Fsp3) is 0.238. The zero-order chi connectivity index (χ0) is 19.2. The minimum atomic E-state index is 0.621. The second kappa shape index (κ2) is 8.40. The molecule has 0 bridgehead atoms. The van der Waals surface area contributed by atoms with Crippen LogP contribution in [0.2, 0.25) is 0 Å². The number of anilines is 1. The molecule has 6 heteroatoms. The maximum Gasteiger partial charge on any atom is 0.131 e. The van der Waals surface area contributed by atoms with Gasteiger partial charge in [-0.3, -0.25) is 10.4 Å². The molecule has 3 aromatic rings. The minimum Gasteiger partial charge on any atom is -0.497 e. The lowest BCUT2D eigenvalue weighted by Gasteiger charge is -2.10. The molecule has 27 heavy (non-hydrogen) atoms. The maximum absolute atomic E-state index is 5.56. The van der Waals surface area contributed by atoms with Gasteiger partial charge in [0.1, 0.15) is 17.2 Å². The summed E-state index contributed by atoms with van der Waals surface area (Å²) < 4.78 is 16.2. The van der Waals surface area contributed by atoms with E-state index >= 15 is 0 Å². The largest absolute Gasteiger partial charge is 0.497 e. The molecular weight excluding hydrogens is 342 g/mol. The second-order valence-corrected chi connectivity index (χ2v) is 5.90. The van der Waals surface area contributed by atoms with Crippen LogP contribution in [-0.2, 0) is 0 Å². The lowest BCUT2D eigenvalue weighted by Crippen LogP contribution is -1.97. The van der Waals surface area contributed by atoms with Gasteiger partial charge in [0.25, 0.3) is 0 Å². The van der Waals surface area contributed by atoms with Crippen LogP contribution >= 0.6 is 0 Å². The second-order valence-electron chi connectivity index (χ2n) is 5.90. The molecule has 0 atom stereocenters. The Kier molecular flexibility index (Phi) is 5.76. The Balaban J connectivity index is 1.87. The Labute approximate surface area is 158 Å². The highest BCUT2D eigenvalue weighted by Gasteiger charge is 2.06. The zero-order valence-electron chi connectivity index (χ0n) is 15.9. The molecule has 1 aromatic heterocycles. The highest BCUT2D eigenvalue weighted by atomic mass is 16.5. The van der Waals surface area contributed by atoms with Gasteiger partial charge in [-0.05, 0) is 44.2 Å². The molecule has 140 valence electrons. The summed E-state index contributed by atoms with van der Waals surface area (Å²) in [6.45, 7) is 4.54. The fourth-order valence-corrected chi connectivity index (χ4v) is 2.79. The summed E-state index contributed by atoms with van der Waals surface area (Å²) in [5, 5.41) is 5.35. The van der Waals surface area contributed by atoms with Crippen molar-refractivity contribution in [1.82, 2.24) is 4.98 Å². The van der Waals surface area contributed by atoms with E-state index in [2.05, 4.69) is 15.5 Å². The highest BCUT2D eigenvalue weighted by molar-refractivity contribution is 5.93. The smallest absolute Gasteiger partial charge is 0.131 e. The molecule has 0 aliphatic carbocycles. The van der Waals surface area contributed by atoms with Crippen LogP contribution < -0.4 is 19.6 Å². The normalized spacial score (nSPS) is 11.0. The average Bonchev–Trinajstić information content (AvgIpc) is 2.68. The first-order valence-corrected chi connectivity index (χ1v) is 8.70. The Bertz CT molecular complexity index is 970. The predicted octanol–water partition coefficient (Wildman–Crippen LogP) is 4.41. The first kappa shape index (κ1) is 18.5. The Morgan fingerprint density at radius 3 is 2.59 bits per heavy atom. The first-order chi connectivity index (χ1) is 13.1. The van der Waals surface area contributed by atoms with Crippen molar-refractivity contribution in [3.8, 4) is 17.2 Å². The topological polar surface area (TPSA) is 65.0 Å². The standard InChI is InChI=1S/C21H23N3O3/c1-5-27-17-8-9-18-19(11-17)23-14(2)10-20(18)24-22-13-15-6-7-16(25-3)12-21(15)26-4/h6-13H,5H2,1-4H3,(H,23,24)/b22-13+. The number of hydrazone groups is 1. The van der Waals surface area contributed by atoms with Gasteiger partial charge in [-0.1, -0.05) is 0 Å². The Morgan fingerprint density at radius 2 is 1.85 bits per heavy atom. The summed E-state index contributed by atoms with van der Waals surface area (Å²) in [4.78, 5) is 4.59. The summed E-state index contributed by atoms with van der Waals surface area (Å²) in [6, 6.07) is 13.4. The molecule has 2 aromatic carbocycles. The molecular formula is C21H23N3O3. The van der Waals surface area contributed by atoms with E-state index in [1.165, 1.54) is 0 Å². The van der Waals surface area contributed by atoms with Crippen LogP contribution in [0.15, 0.2) is 47.6 Å².